The van der Waals surface area contributed by atoms with E-state index in [1.807, 2.05) is 30.3 Å². The molecule has 0 radical (unpaired) electrons. The summed E-state index contributed by atoms with van der Waals surface area (Å²) in [6.45, 7) is 0. The topological polar surface area (TPSA) is 56.7 Å². The Labute approximate surface area is 353 Å². The van der Waals surface area contributed by atoms with Crippen molar-refractivity contribution in [3.63, 3.8) is 0 Å². The number of para-hydroxylation sites is 3. The van der Waals surface area contributed by atoms with Crippen LogP contribution in [0.2, 0.25) is 0 Å². The van der Waals surface area contributed by atoms with Crippen LogP contribution in [0.15, 0.2) is 199 Å². The third-order valence-corrected chi connectivity index (χ3v) is 13.2. The second-order valence-corrected chi connectivity index (χ2v) is 16.7. The Morgan fingerprint density at radius 1 is 0.377 bits per heavy atom. The molecule has 13 aromatic rings. The average molecular weight is 797 g/mol. The van der Waals surface area contributed by atoms with Crippen molar-refractivity contribution in [3.8, 4) is 51.0 Å². The molecule has 0 aliphatic carbocycles. The Balaban J connectivity index is 0.961. The summed E-state index contributed by atoms with van der Waals surface area (Å²) in [4.78, 5) is 15.5. The molecule has 6 heteroatoms. The molecule has 0 spiro atoms. The van der Waals surface area contributed by atoms with Gasteiger partial charge in [0.1, 0.15) is 11.2 Å². The zero-order valence-electron chi connectivity index (χ0n) is 32.6. The van der Waals surface area contributed by atoms with E-state index in [1.165, 1.54) is 52.8 Å². The van der Waals surface area contributed by atoms with Crippen molar-refractivity contribution in [2.24, 2.45) is 0 Å². The van der Waals surface area contributed by atoms with Crippen LogP contribution in [0.5, 0.6) is 0 Å². The van der Waals surface area contributed by atoms with Gasteiger partial charge in [0.2, 0.25) is 0 Å². The summed E-state index contributed by atoms with van der Waals surface area (Å²) in [5, 5.41) is 9.53. The highest BCUT2D eigenvalue weighted by atomic mass is 32.1. The highest BCUT2D eigenvalue weighted by Gasteiger charge is 2.19. The van der Waals surface area contributed by atoms with Crippen molar-refractivity contribution in [1.82, 2.24) is 19.5 Å². The molecule has 0 amide bonds. The maximum absolute atomic E-state index is 6.49. The van der Waals surface area contributed by atoms with Gasteiger partial charge in [0.15, 0.2) is 17.5 Å². The number of hydrogen-bond donors (Lipinski definition) is 0. The molecule has 0 unspecified atom stereocenters. The number of furan rings is 1. The first-order valence-electron chi connectivity index (χ1n) is 20.4. The molecule has 0 aliphatic heterocycles. The first-order chi connectivity index (χ1) is 30.2. The van der Waals surface area contributed by atoms with E-state index < -0.39 is 0 Å². The Bertz CT molecular complexity index is 3880. The second-order valence-electron chi connectivity index (χ2n) is 15.6. The standard InChI is InChI=1S/C55H32N4OS/c1-2-11-33(12-3-1)34-21-23-35(24-22-34)53-56-54(58-55(57-53)45-18-10-17-44-41-16-7-9-20-49(41)60-52(44)45)38-25-27-42-43-28-26-39(32-51(43)61-50(42)31-38)59-47-19-8-6-15-40(47)46-29-36-13-4-5-14-37(36)30-48(46)59/h1-32H. The van der Waals surface area contributed by atoms with Crippen LogP contribution in [0.3, 0.4) is 0 Å². The quantitative estimate of drug-likeness (QED) is 0.174. The number of hydrogen-bond acceptors (Lipinski definition) is 5. The predicted octanol–water partition coefficient (Wildman–Crippen LogP) is 15.1. The van der Waals surface area contributed by atoms with Crippen molar-refractivity contribution < 1.29 is 4.42 Å². The Hall–Kier alpha value is -7.93. The SMILES string of the molecule is c1ccc(-c2ccc(-c3nc(-c4ccc5c(c4)sc4cc(-n6c7ccccc7c7cc8ccccc8cc76)ccc45)nc(-c4cccc5c4oc4ccccc45)n3)cc2)cc1. The van der Waals surface area contributed by atoms with E-state index in [0.29, 0.717) is 17.5 Å². The van der Waals surface area contributed by atoms with Gasteiger partial charge in [-0.1, -0.05) is 146 Å². The van der Waals surface area contributed by atoms with Crippen LogP contribution in [0.25, 0.3) is 126 Å². The molecular weight excluding hydrogens is 765 g/mol. The number of rotatable bonds is 5. The molecule has 0 aliphatic rings. The largest absolute Gasteiger partial charge is 0.455 e. The van der Waals surface area contributed by atoms with Gasteiger partial charge >= 0.3 is 0 Å². The Kier molecular flexibility index (Phi) is 7.41. The summed E-state index contributed by atoms with van der Waals surface area (Å²) in [7, 11) is 0. The van der Waals surface area contributed by atoms with Crippen LogP contribution in [0.4, 0.5) is 0 Å². The Morgan fingerprint density at radius 3 is 1.85 bits per heavy atom. The molecule has 13 rings (SSSR count). The molecule has 4 aromatic heterocycles. The number of aromatic nitrogens is 4. The summed E-state index contributed by atoms with van der Waals surface area (Å²) in [5.41, 5.74) is 10.1. The number of thiophene rings is 1. The molecular formula is C55H32N4OS. The number of nitrogens with zero attached hydrogens (tertiary/aromatic N) is 4. The normalized spacial score (nSPS) is 11.9. The minimum atomic E-state index is 0.567. The van der Waals surface area contributed by atoms with Crippen molar-refractivity contribution in [3.05, 3.63) is 194 Å². The van der Waals surface area contributed by atoms with E-state index >= 15 is 0 Å². The zero-order valence-corrected chi connectivity index (χ0v) is 33.4. The first kappa shape index (κ1) is 34.0. The summed E-state index contributed by atoms with van der Waals surface area (Å²) in [6.07, 6.45) is 0. The lowest BCUT2D eigenvalue weighted by Gasteiger charge is -2.10. The predicted molar refractivity (Wildman–Crippen MR) is 254 cm³/mol. The molecule has 0 saturated heterocycles. The highest BCUT2D eigenvalue weighted by molar-refractivity contribution is 7.25. The summed E-state index contributed by atoms with van der Waals surface area (Å²) >= 11 is 1.80. The molecule has 0 N–H and O–H groups in total. The molecule has 0 atom stereocenters. The molecule has 0 fully saturated rings. The van der Waals surface area contributed by atoms with Gasteiger partial charge in [-0.2, -0.15) is 0 Å². The van der Waals surface area contributed by atoms with Gasteiger partial charge in [-0.05, 0) is 70.4 Å². The maximum Gasteiger partial charge on any atom is 0.167 e. The maximum atomic E-state index is 6.49. The van der Waals surface area contributed by atoms with Crippen LogP contribution in [0.1, 0.15) is 0 Å². The highest BCUT2D eigenvalue weighted by Crippen LogP contribution is 2.41. The van der Waals surface area contributed by atoms with Crippen molar-refractivity contribution in [2.75, 3.05) is 0 Å². The first-order valence-corrected chi connectivity index (χ1v) is 21.2. The van der Waals surface area contributed by atoms with E-state index in [-0.39, 0.29) is 0 Å². The lowest BCUT2D eigenvalue weighted by molar-refractivity contribution is 0.669. The minimum absolute atomic E-state index is 0.567. The average Bonchev–Trinajstić information content (AvgIpc) is 3.99. The monoisotopic (exact) mass is 796 g/mol. The molecule has 4 heterocycles. The van der Waals surface area contributed by atoms with Gasteiger partial charge in [0, 0.05) is 58.5 Å². The van der Waals surface area contributed by atoms with Crippen molar-refractivity contribution >= 4 is 86.0 Å². The van der Waals surface area contributed by atoms with Crippen molar-refractivity contribution in [1.29, 1.82) is 0 Å². The van der Waals surface area contributed by atoms with Gasteiger partial charge in [0.25, 0.3) is 0 Å². The molecule has 284 valence electrons. The van der Waals surface area contributed by atoms with Crippen LogP contribution >= 0.6 is 11.3 Å². The van der Waals surface area contributed by atoms with Crippen LogP contribution in [0, 0.1) is 0 Å². The molecule has 5 nitrogen and oxygen atoms in total. The molecule has 0 saturated carbocycles. The Morgan fingerprint density at radius 2 is 1.00 bits per heavy atom. The smallest absolute Gasteiger partial charge is 0.167 e. The van der Waals surface area contributed by atoms with E-state index in [1.54, 1.807) is 11.3 Å². The fourth-order valence-electron chi connectivity index (χ4n) is 9.10. The zero-order chi connectivity index (χ0) is 40.0. The van der Waals surface area contributed by atoms with Crippen LogP contribution in [-0.2, 0) is 0 Å². The van der Waals surface area contributed by atoms with E-state index in [9.17, 15) is 0 Å². The minimum Gasteiger partial charge on any atom is -0.455 e. The van der Waals surface area contributed by atoms with Gasteiger partial charge in [-0.3, -0.25) is 0 Å². The van der Waals surface area contributed by atoms with E-state index in [0.717, 1.165) is 55.4 Å². The second kappa shape index (κ2) is 13.3. The lowest BCUT2D eigenvalue weighted by Crippen LogP contribution is -2.00. The lowest BCUT2D eigenvalue weighted by atomic mass is 10.0. The number of fused-ring (bicyclic) bond motifs is 10. The van der Waals surface area contributed by atoms with Gasteiger partial charge < -0.3 is 8.98 Å². The van der Waals surface area contributed by atoms with Gasteiger partial charge in [-0.25, -0.2) is 15.0 Å². The third-order valence-electron chi connectivity index (χ3n) is 12.0. The third kappa shape index (κ3) is 5.43. The number of benzene rings is 9. The van der Waals surface area contributed by atoms with Gasteiger partial charge in [0.05, 0.1) is 16.6 Å². The van der Waals surface area contributed by atoms with Crippen molar-refractivity contribution in [2.45, 2.75) is 0 Å². The fraction of sp³-hybridized carbons (Fsp3) is 0. The fourth-order valence-corrected chi connectivity index (χ4v) is 10.3. The van der Waals surface area contributed by atoms with Crippen LogP contribution < -0.4 is 0 Å². The van der Waals surface area contributed by atoms with E-state index in [4.69, 9.17) is 19.4 Å². The van der Waals surface area contributed by atoms with Crippen LogP contribution in [-0.4, -0.2) is 19.5 Å². The summed E-state index contributed by atoms with van der Waals surface area (Å²) < 4.78 is 11.3. The van der Waals surface area contributed by atoms with E-state index in [2.05, 4.69) is 168 Å². The summed E-state index contributed by atoms with van der Waals surface area (Å²) in [6, 6.07) is 68.7. The summed E-state index contributed by atoms with van der Waals surface area (Å²) in [5.74, 6) is 1.78. The van der Waals surface area contributed by atoms with Gasteiger partial charge in [-0.15, -0.1) is 11.3 Å². The molecule has 0 bridgehead atoms. The molecule has 9 aromatic carbocycles. The molecule has 61 heavy (non-hydrogen) atoms.